The molecule has 2 fully saturated rings. The van der Waals surface area contributed by atoms with Gasteiger partial charge in [0.2, 0.25) is 5.88 Å². The second-order valence-electron chi connectivity index (χ2n) is 7.54. The molecule has 3 rings (SSSR count). The fraction of sp³-hybridized carbons (Fsp3) is 0.647. The van der Waals surface area contributed by atoms with Gasteiger partial charge in [0.25, 0.3) is 0 Å². The van der Waals surface area contributed by atoms with Crippen molar-refractivity contribution in [3.8, 4) is 5.88 Å². The molecule has 0 bridgehead atoms. The Morgan fingerprint density at radius 1 is 1.42 bits per heavy atom. The summed E-state index contributed by atoms with van der Waals surface area (Å²) in [5, 5.41) is 2.72. The molecule has 1 aromatic heterocycles. The van der Waals surface area contributed by atoms with Gasteiger partial charge in [-0.25, -0.2) is 9.78 Å². The van der Waals surface area contributed by atoms with Crippen LogP contribution in [0.25, 0.3) is 0 Å². The molecule has 1 spiro atoms. The van der Waals surface area contributed by atoms with Crippen LogP contribution in [0.2, 0.25) is 0 Å². The summed E-state index contributed by atoms with van der Waals surface area (Å²) in [4.78, 5) is 18.6. The van der Waals surface area contributed by atoms with Crippen LogP contribution >= 0.6 is 0 Å². The lowest BCUT2D eigenvalue weighted by Gasteiger charge is -2.48. The van der Waals surface area contributed by atoms with Gasteiger partial charge in [0.05, 0.1) is 25.6 Å². The van der Waals surface area contributed by atoms with E-state index in [0.29, 0.717) is 17.0 Å². The Kier molecular flexibility index (Phi) is 4.29. The normalized spacial score (nSPS) is 19.1. The summed E-state index contributed by atoms with van der Waals surface area (Å²) in [5.74, 6) is 0.365. The van der Waals surface area contributed by atoms with Crippen molar-refractivity contribution in [3.05, 3.63) is 12.3 Å². The van der Waals surface area contributed by atoms with Crippen molar-refractivity contribution in [2.75, 3.05) is 43.6 Å². The largest absolute Gasteiger partial charge is 0.480 e. The molecule has 1 aromatic rings. The van der Waals surface area contributed by atoms with Gasteiger partial charge >= 0.3 is 6.09 Å². The summed E-state index contributed by atoms with van der Waals surface area (Å²) in [5.41, 5.74) is 1.19. The summed E-state index contributed by atoms with van der Waals surface area (Å²) in [6.07, 6.45) is 2.35. The number of ether oxygens (including phenoxy) is 3. The minimum absolute atomic E-state index is 0.290. The van der Waals surface area contributed by atoms with Crippen LogP contribution < -0.4 is 15.0 Å². The Labute approximate surface area is 142 Å². The van der Waals surface area contributed by atoms with E-state index in [1.54, 1.807) is 6.20 Å². The van der Waals surface area contributed by atoms with Crippen LogP contribution in [0.4, 0.5) is 16.2 Å². The van der Waals surface area contributed by atoms with Gasteiger partial charge in [-0.05, 0) is 33.3 Å². The molecular formula is C17H25N3O4. The van der Waals surface area contributed by atoms with E-state index in [9.17, 15) is 4.79 Å². The quantitative estimate of drug-likeness (QED) is 0.915. The van der Waals surface area contributed by atoms with E-state index in [1.165, 1.54) is 7.11 Å². The van der Waals surface area contributed by atoms with Gasteiger partial charge in [-0.1, -0.05) is 0 Å². The van der Waals surface area contributed by atoms with Gasteiger partial charge in [0.1, 0.15) is 11.3 Å². The van der Waals surface area contributed by atoms with Gasteiger partial charge < -0.3 is 19.1 Å². The first-order valence-electron chi connectivity index (χ1n) is 8.17. The van der Waals surface area contributed by atoms with Crippen molar-refractivity contribution in [1.82, 2.24) is 4.98 Å². The second kappa shape index (κ2) is 6.12. The Bertz CT molecular complexity index is 613. The number of carbonyl (C=O) groups excluding carboxylic acids is 1. The summed E-state index contributed by atoms with van der Waals surface area (Å²) in [7, 11) is 1.52. The predicted molar refractivity (Wildman–Crippen MR) is 90.7 cm³/mol. The predicted octanol–water partition coefficient (Wildman–Crippen LogP) is 2.66. The van der Waals surface area contributed by atoms with Gasteiger partial charge in [0, 0.05) is 25.1 Å². The smallest absolute Gasteiger partial charge is 0.412 e. The molecule has 3 heterocycles. The number of carbonyl (C=O) groups is 1. The summed E-state index contributed by atoms with van der Waals surface area (Å²) < 4.78 is 16.0. The first kappa shape index (κ1) is 16.8. The first-order valence-corrected chi connectivity index (χ1v) is 8.17. The summed E-state index contributed by atoms with van der Waals surface area (Å²) >= 11 is 0. The van der Waals surface area contributed by atoms with Crippen LogP contribution in [0.1, 0.15) is 27.2 Å². The third kappa shape index (κ3) is 3.56. The molecule has 0 saturated carbocycles. The molecule has 24 heavy (non-hydrogen) atoms. The summed E-state index contributed by atoms with van der Waals surface area (Å²) in [6, 6.07) is 1.87. The van der Waals surface area contributed by atoms with Gasteiger partial charge in [-0.3, -0.25) is 5.32 Å². The Morgan fingerprint density at radius 3 is 2.75 bits per heavy atom. The van der Waals surface area contributed by atoms with Crippen molar-refractivity contribution in [1.29, 1.82) is 0 Å². The molecule has 0 radical (unpaired) electrons. The zero-order valence-corrected chi connectivity index (χ0v) is 14.7. The lowest BCUT2D eigenvalue weighted by atomic mass is 9.79. The number of aromatic nitrogens is 1. The molecule has 2 saturated heterocycles. The molecule has 2 aliphatic heterocycles. The molecular weight excluding hydrogens is 310 g/mol. The number of anilines is 2. The first-order chi connectivity index (χ1) is 11.3. The van der Waals surface area contributed by atoms with E-state index in [4.69, 9.17) is 14.2 Å². The molecule has 0 atom stereocenters. The number of rotatable bonds is 3. The minimum Gasteiger partial charge on any atom is -0.480 e. The minimum atomic E-state index is -0.561. The van der Waals surface area contributed by atoms with E-state index in [1.807, 2.05) is 26.8 Å². The molecule has 1 N–H and O–H groups in total. The highest BCUT2D eigenvalue weighted by Gasteiger charge is 2.46. The number of methoxy groups -OCH3 is 1. The van der Waals surface area contributed by atoms with E-state index >= 15 is 0 Å². The van der Waals surface area contributed by atoms with Crippen LogP contribution in [0.5, 0.6) is 5.88 Å². The SMILES string of the molecule is COc1ncc(N2CC3(CCOC3)C2)cc1NC(=O)OC(C)(C)C. The molecule has 1 amide bonds. The number of hydrogen-bond donors (Lipinski definition) is 1. The van der Waals surface area contributed by atoms with Crippen LogP contribution in [0.15, 0.2) is 12.3 Å². The maximum atomic E-state index is 12.0. The molecule has 7 heteroatoms. The van der Waals surface area contributed by atoms with Gasteiger partial charge in [-0.15, -0.1) is 0 Å². The Hall–Kier alpha value is -2.02. The molecule has 0 aliphatic carbocycles. The van der Waals surface area contributed by atoms with E-state index in [-0.39, 0.29) is 0 Å². The highest BCUT2D eigenvalue weighted by Crippen LogP contribution is 2.41. The number of amides is 1. The van der Waals surface area contributed by atoms with Gasteiger partial charge in [-0.2, -0.15) is 0 Å². The van der Waals surface area contributed by atoms with E-state index < -0.39 is 11.7 Å². The maximum Gasteiger partial charge on any atom is 0.412 e. The Morgan fingerprint density at radius 2 is 2.17 bits per heavy atom. The van der Waals surface area contributed by atoms with Gasteiger partial charge in [0.15, 0.2) is 0 Å². The van der Waals surface area contributed by atoms with Crippen molar-refractivity contribution in [2.45, 2.75) is 32.8 Å². The summed E-state index contributed by atoms with van der Waals surface area (Å²) in [6.45, 7) is 9.04. The average Bonchev–Trinajstić information content (AvgIpc) is 2.93. The van der Waals surface area contributed by atoms with Crippen molar-refractivity contribution < 1.29 is 19.0 Å². The third-order valence-electron chi connectivity index (χ3n) is 4.27. The van der Waals surface area contributed by atoms with Crippen molar-refractivity contribution in [3.63, 3.8) is 0 Å². The maximum absolute atomic E-state index is 12.0. The zero-order valence-electron chi connectivity index (χ0n) is 14.7. The topological polar surface area (TPSA) is 72.9 Å². The lowest BCUT2D eigenvalue weighted by molar-refractivity contribution is 0.0635. The standard InChI is InChI=1S/C17H25N3O4/c1-16(2,3)24-15(21)19-13-7-12(8-18-14(13)22-4)20-9-17(10-20)5-6-23-11-17/h7-8H,5-6,9-11H2,1-4H3,(H,19,21). The average molecular weight is 335 g/mol. The van der Waals surface area contributed by atoms with E-state index in [2.05, 4.69) is 15.2 Å². The third-order valence-corrected chi connectivity index (χ3v) is 4.27. The fourth-order valence-electron chi connectivity index (χ4n) is 3.12. The monoisotopic (exact) mass is 335 g/mol. The van der Waals surface area contributed by atoms with Crippen LogP contribution in [-0.2, 0) is 9.47 Å². The van der Waals surface area contributed by atoms with Crippen molar-refractivity contribution in [2.24, 2.45) is 5.41 Å². The lowest BCUT2D eigenvalue weighted by Crippen LogP contribution is -2.57. The number of pyridine rings is 1. The highest BCUT2D eigenvalue weighted by atomic mass is 16.6. The van der Waals surface area contributed by atoms with Crippen LogP contribution in [-0.4, -0.2) is 50.1 Å². The van der Waals surface area contributed by atoms with Crippen molar-refractivity contribution >= 4 is 17.5 Å². The highest BCUT2D eigenvalue weighted by molar-refractivity contribution is 5.87. The number of hydrogen-bond acceptors (Lipinski definition) is 6. The second-order valence-corrected chi connectivity index (χ2v) is 7.54. The molecule has 7 nitrogen and oxygen atoms in total. The fourth-order valence-corrected chi connectivity index (χ4v) is 3.12. The number of nitrogens with one attached hydrogen (secondary N) is 1. The van der Waals surface area contributed by atoms with Crippen LogP contribution in [0.3, 0.4) is 0 Å². The molecule has 0 aromatic carbocycles. The zero-order chi connectivity index (χ0) is 17.4. The number of nitrogens with zero attached hydrogens (tertiary/aromatic N) is 2. The molecule has 0 unspecified atom stereocenters. The molecule has 2 aliphatic rings. The molecule has 132 valence electrons. The Balaban J connectivity index is 1.70. The van der Waals surface area contributed by atoms with E-state index in [0.717, 1.165) is 38.4 Å². The van der Waals surface area contributed by atoms with Crippen LogP contribution in [0, 0.1) is 5.41 Å².